The molecule has 1 aromatic heterocycles. The van der Waals surface area contributed by atoms with Gasteiger partial charge in [0.05, 0.1) is 5.69 Å². The van der Waals surface area contributed by atoms with E-state index in [9.17, 15) is 0 Å². The van der Waals surface area contributed by atoms with Crippen LogP contribution in [0.15, 0.2) is 0 Å². The van der Waals surface area contributed by atoms with Gasteiger partial charge < -0.3 is 5.73 Å². The molecule has 0 amide bonds. The van der Waals surface area contributed by atoms with E-state index in [1.807, 2.05) is 11.7 Å². The number of rotatable bonds is 4. The highest BCUT2D eigenvalue weighted by molar-refractivity contribution is 5.24. The second kappa shape index (κ2) is 5.85. The summed E-state index contributed by atoms with van der Waals surface area (Å²) in [6, 6.07) is 0. The van der Waals surface area contributed by atoms with Gasteiger partial charge in [0.1, 0.15) is 0 Å². The van der Waals surface area contributed by atoms with Crippen LogP contribution in [0.2, 0.25) is 0 Å². The molecular formula is C14H26N4. The minimum Gasteiger partial charge on any atom is -0.330 e. The van der Waals surface area contributed by atoms with E-state index in [2.05, 4.69) is 23.8 Å². The van der Waals surface area contributed by atoms with Crippen LogP contribution < -0.4 is 5.73 Å². The van der Waals surface area contributed by atoms with Crippen LogP contribution >= 0.6 is 0 Å². The van der Waals surface area contributed by atoms with Crippen molar-refractivity contribution in [2.24, 2.45) is 18.7 Å². The van der Waals surface area contributed by atoms with Gasteiger partial charge in [0.2, 0.25) is 0 Å². The fraction of sp³-hybridized carbons (Fsp3) is 0.786. The smallest absolute Gasteiger partial charge is 0.0641 e. The van der Waals surface area contributed by atoms with Crippen molar-refractivity contribution in [2.75, 3.05) is 19.6 Å². The normalized spacial score (nSPS) is 21.4. The maximum Gasteiger partial charge on any atom is 0.0641 e. The summed E-state index contributed by atoms with van der Waals surface area (Å²) in [5.74, 6) is 0.793. The van der Waals surface area contributed by atoms with Gasteiger partial charge in [-0.05, 0) is 52.1 Å². The molecule has 1 aliphatic heterocycles. The maximum absolute atomic E-state index is 5.68. The fourth-order valence-electron chi connectivity index (χ4n) is 3.04. The van der Waals surface area contributed by atoms with Gasteiger partial charge in [0.25, 0.3) is 0 Å². The molecule has 1 unspecified atom stereocenters. The van der Waals surface area contributed by atoms with Crippen molar-refractivity contribution in [3.8, 4) is 0 Å². The topological polar surface area (TPSA) is 47.1 Å². The van der Waals surface area contributed by atoms with Crippen molar-refractivity contribution in [2.45, 2.75) is 39.7 Å². The molecule has 0 saturated carbocycles. The summed E-state index contributed by atoms with van der Waals surface area (Å²) < 4.78 is 1.99. The molecule has 0 radical (unpaired) electrons. The first kappa shape index (κ1) is 13.6. The molecule has 2 rings (SSSR count). The Hall–Kier alpha value is -0.870. The van der Waals surface area contributed by atoms with Gasteiger partial charge >= 0.3 is 0 Å². The Morgan fingerprint density at radius 1 is 1.39 bits per heavy atom. The SMILES string of the molecule is Cc1nn(C)c(C)c1CN1CCCC(CCN)C1. The maximum atomic E-state index is 5.68. The van der Waals surface area contributed by atoms with Gasteiger partial charge in [-0.3, -0.25) is 9.58 Å². The highest BCUT2D eigenvalue weighted by Crippen LogP contribution is 2.22. The molecule has 1 saturated heterocycles. The van der Waals surface area contributed by atoms with Gasteiger partial charge in [0.15, 0.2) is 0 Å². The van der Waals surface area contributed by atoms with Crippen LogP contribution in [0.4, 0.5) is 0 Å². The molecule has 2 N–H and O–H groups in total. The fourth-order valence-corrected chi connectivity index (χ4v) is 3.04. The van der Waals surface area contributed by atoms with Crippen LogP contribution in [0.1, 0.15) is 36.2 Å². The van der Waals surface area contributed by atoms with E-state index in [4.69, 9.17) is 5.73 Å². The van der Waals surface area contributed by atoms with E-state index < -0.39 is 0 Å². The molecule has 0 spiro atoms. The third kappa shape index (κ3) is 2.93. The monoisotopic (exact) mass is 250 g/mol. The predicted molar refractivity (Wildman–Crippen MR) is 74.4 cm³/mol. The summed E-state index contributed by atoms with van der Waals surface area (Å²) in [6.45, 7) is 8.57. The van der Waals surface area contributed by atoms with Crippen LogP contribution in [0.25, 0.3) is 0 Å². The van der Waals surface area contributed by atoms with Crippen molar-refractivity contribution in [1.29, 1.82) is 0 Å². The van der Waals surface area contributed by atoms with Gasteiger partial charge in [-0.2, -0.15) is 5.10 Å². The van der Waals surface area contributed by atoms with Gasteiger partial charge in [0, 0.05) is 31.4 Å². The van der Waals surface area contributed by atoms with E-state index >= 15 is 0 Å². The van der Waals surface area contributed by atoms with Crippen LogP contribution in [0.3, 0.4) is 0 Å². The van der Waals surface area contributed by atoms with E-state index in [0.29, 0.717) is 0 Å². The molecule has 0 aliphatic carbocycles. The Morgan fingerprint density at radius 2 is 2.17 bits per heavy atom. The zero-order chi connectivity index (χ0) is 13.1. The van der Waals surface area contributed by atoms with E-state index in [-0.39, 0.29) is 0 Å². The standard InChI is InChI=1S/C14H26N4/c1-11-14(12(2)17(3)16-11)10-18-8-4-5-13(9-18)6-7-15/h13H,4-10,15H2,1-3H3. The molecule has 4 heteroatoms. The van der Waals surface area contributed by atoms with Gasteiger partial charge in [-0.1, -0.05) is 0 Å². The lowest BCUT2D eigenvalue weighted by atomic mass is 9.94. The number of likely N-dealkylation sites (tertiary alicyclic amines) is 1. The largest absolute Gasteiger partial charge is 0.330 e. The third-order valence-electron chi connectivity index (χ3n) is 4.22. The lowest BCUT2D eigenvalue weighted by Gasteiger charge is -2.32. The van der Waals surface area contributed by atoms with Crippen molar-refractivity contribution in [3.05, 3.63) is 17.0 Å². The molecule has 0 bridgehead atoms. The second-order valence-corrected chi connectivity index (χ2v) is 5.59. The highest BCUT2D eigenvalue weighted by atomic mass is 15.3. The summed E-state index contributed by atoms with van der Waals surface area (Å²) in [4.78, 5) is 2.57. The van der Waals surface area contributed by atoms with Crippen molar-refractivity contribution >= 4 is 0 Å². The minimum absolute atomic E-state index is 0.793. The highest BCUT2D eigenvalue weighted by Gasteiger charge is 2.21. The second-order valence-electron chi connectivity index (χ2n) is 5.59. The number of aryl methyl sites for hydroxylation is 2. The summed E-state index contributed by atoms with van der Waals surface area (Å²) in [7, 11) is 2.03. The average molecular weight is 250 g/mol. The zero-order valence-electron chi connectivity index (χ0n) is 11.9. The third-order valence-corrected chi connectivity index (χ3v) is 4.22. The Kier molecular flexibility index (Phi) is 4.40. The molecule has 1 atom stereocenters. The Balaban J connectivity index is 2.00. The number of piperidine rings is 1. The first-order valence-corrected chi connectivity index (χ1v) is 7.03. The van der Waals surface area contributed by atoms with Crippen molar-refractivity contribution in [1.82, 2.24) is 14.7 Å². The average Bonchev–Trinajstić information content (AvgIpc) is 2.57. The van der Waals surface area contributed by atoms with Gasteiger partial charge in [-0.15, -0.1) is 0 Å². The molecule has 102 valence electrons. The van der Waals surface area contributed by atoms with Crippen LogP contribution in [0, 0.1) is 19.8 Å². The number of aromatic nitrogens is 2. The number of nitrogens with zero attached hydrogens (tertiary/aromatic N) is 3. The first-order valence-electron chi connectivity index (χ1n) is 7.03. The molecule has 0 aromatic carbocycles. The molecule has 18 heavy (non-hydrogen) atoms. The van der Waals surface area contributed by atoms with E-state index in [0.717, 1.165) is 19.0 Å². The van der Waals surface area contributed by atoms with Crippen molar-refractivity contribution < 1.29 is 0 Å². The Labute approximate surface area is 110 Å². The molecular weight excluding hydrogens is 224 g/mol. The molecule has 1 fully saturated rings. The Morgan fingerprint density at radius 3 is 2.78 bits per heavy atom. The van der Waals surface area contributed by atoms with Gasteiger partial charge in [-0.25, -0.2) is 0 Å². The molecule has 1 aliphatic rings. The first-order chi connectivity index (χ1) is 8.61. The predicted octanol–water partition coefficient (Wildman–Crippen LogP) is 1.60. The van der Waals surface area contributed by atoms with Crippen molar-refractivity contribution in [3.63, 3.8) is 0 Å². The number of hydrogen-bond acceptors (Lipinski definition) is 3. The zero-order valence-corrected chi connectivity index (χ0v) is 11.9. The number of hydrogen-bond donors (Lipinski definition) is 1. The van der Waals surface area contributed by atoms with E-state index in [1.54, 1.807) is 0 Å². The minimum atomic E-state index is 0.793. The summed E-state index contributed by atoms with van der Waals surface area (Å²) in [6.07, 6.45) is 3.82. The summed E-state index contributed by atoms with van der Waals surface area (Å²) >= 11 is 0. The van der Waals surface area contributed by atoms with Crippen LogP contribution in [-0.2, 0) is 13.6 Å². The Bertz CT molecular complexity index is 395. The lowest BCUT2D eigenvalue weighted by Crippen LogP contribution is -2.35. The molecule has 4 nitrogen and oxygen atoms in total. The summed E-state index contributed by atoms with van der Waals surface area (Å²) in [5.41, 5.74) is 9.56. The molecule has 2 heterocycles. The van der Waals surface area contributed by atoms with E-state index in [1.165, 1.54) is 49.3 Å². The molecule has 1 aromatic rings. The lowest BCUT2D eigenvalue weighted by molar-refractivity contribution is 0.162. The quantitative estimate of drug-likeness (QED) is 0.883. The summed E-state index contributed by atoms with van der Waals surface area (Å²) in [5, 5.41) is 4.50. The number of nitrogens with two attached hydrogens (primary N) is 1. The van der Waals surface area contributed by atoms with Crippen LogP contribution in [0.5, 0.6) is 0 Å². The van der Waals surface area contributed by atoms with Crippen LogP contribution in [-0.4, -0.2) is 34.3 Å².